The van der Waals surface area contributed by atoms with Gasteiger partial charge in [0.05, 0.1) is 35.4 Å². The van der Waals surface area contributed by atoms with Crippen LogP contribution in [0, 0.1) is 17.7 Å². The average Bonchev–Trinajstić information content (AvgIpc) is 3.17. The number of halogens is 4. The number of fused-ring (bicyclic) bond motifs is 1. The molecule has 0 spiro atoms. The van der Waals surface area contributed by atoms with Crippen molar-refractivity contribution in [3.05, 3.63) is 47.9 Å². The Bertz CT molecular complexity index is 1480. The normalized spacial score (nSPS) is 14.7. The number of rotatable bonds is 7. The number of alkyl halides is 3. The molecule has 0 unspecified atom stereocenters. The van der Waals surface area contributed by atoms with E-state index in [9.17, 15) is 26.0 Å². The van der Waals surface area contributed by atoms with Crippen molar-refractivity contribution in [3.8, 4) is 17.6 Å². The number of ether oxygens (including phenoxy) is 2. The van der Waals surface area contributed by atoms with Crippen LogP contribution in [0.3, 0.4) is 0 Å². The van der Waals surface area contributed by atoms with Gasteiger partial charge in [-0.1, -0.05) is 5.92 Å². The second-order valence-electron chi connectivity index (χ2n) is 8.94. The molecule has 0 saturated carbocycles. The summed E-state index contributed by atoms with van der Waals surface area (Å²) in [7, 11) is -2.04. The van der Waals surface area contributed by atoms with Crippen LogP contribution in [0.2, 0.25) is 0 Å². The van der Waals surface area contributed by atoms with Gasteiger partial charge >= 0.3 is 6.18 Å². The second-order valence-corrected chi connectivity index (χ2v) is 11.0. The highest BCUT2D eigenvalue weighted by Gasteiger charge is 2.30. The van der Waals surface area contributed by atoms with Crippen molar-refractivity contribution in [1.82, 2.24) is 4.57 Å². The molecule has 1 aliphatic rings. The van der Waals surface area contributed by atoms with Gasteiger partial charge in [-0.05, 0) is 49.1 Å². The molecule has 2 aromatic carbocycles. The molecule has 12 heteroatoms. The minimum atomic E-state index is -4.55. The van der Waals surface area contributed by atoms with Crippen LogP contribution in [0.15, 0.2) is 41.3 Å². The number of anilines is 2. The van der Waals surface area contributed by atoms with Gasteiger partial charge in [0.2, 0.25) is 0 Å². The molecule has 0 bridgehead atoms. The third-order valence-corrected chi connectivity index (χ3v) is 7.20. The van der Waals surface area contributed by atoms with E-state index in [2.05, 4.69) is 22.5 Å². The van der Waals surface area contributed by atoms with E-state index in [-0.39, 0.29) is 34.4 Å². The highest BCUT2D eigenvalue weighted by molar-refractivity contribution is 7.90. The standard InChI is InChI=1S/C26H27F4N3O4S/c1-36-25-15-20(38(2,34)35)5-6-22(25)31-9-3-4-19-14-21-23(32-18-7-10-37-11-8-18)12-17(27)13-24(21)33(19)16-26(28,29)30/h5-6,12-15,18,31-32H,7-11,16H2,1-2H3. The van der Waals surface area contributed by atoms with Gasteiger partial charge in [0.15, 0.2) is 9.84 Å². The smallest absolute Gasteiger partial charge is 0.406 e. The Hall–Kier alpha value is -3.43. The maximum Gasteiger partial charge on any atom is 0.406 e. The third-order valence-electron chi connectivity index (χ3n) is 6.09. The summed E-state index contributed by atoms with van der Waals surface area (Å²) in [4.78, 5) is 0.0834. The number of benzene rings is 2. The number of nitrogens with one attached hydrogen (secondary N) is 2. The van der Waals surface area contributed by atoms with E-state index in [0.29, 0.717) is 42.8 Å². The van der Waals surface area contributed by atoms with Gasteiger partial charge in [-0.15, -0.1) is 0 Å². The summed E-state index contributed by atoms with van der Waals surface area (Å²) in [5.41, 5.74) is 1.05. The Balaban J connectivity index is 1.63. The van der Waals surface area contributed by atoms with Gasteiger partial charge < -0.3 is 24.7 Å². The lowest BCUT2D eigenvalue weighted by molar-refractivity contribution is -0.140. The molecular weight excluding hydrogens is 526 g/mol. The van der Waals surface area contributed by atoms with Gasteiger partial charge in [-0.25, -0.2) is 12.8 Å². The highest BCUT2D eigenvalue weighted by Crippen LogP contribution is 2.32. The van der Waals surface area contributed by atoms with Crippen molar-refractivity contribution in [2.45, 2.75) is 36.5 Å². The molecule has 1 aliphatic heterocycles. The van der Waals surface area contributed by atoms with Crippen molar-refractivity contribution in [2.75, 3.05) is 43.8 Å². The monoisotopic (exact) mass is 553 g/mol. The second kappa shape index (κ2) is 11.1. The average molecular weight is 554 g/mol. The summed E-state index contributed by atoms with van der Waals surface area (Å²) in [5.74, 6) is 5.18. The predicted molar refractivity (Wildman–Crippen MR) is 137 cm³/mol. The molecule has 0 aliphatic carbocycles. The minimum Gasteiger partial charge on any atom is -0.495 e. The first kappa shape index (κ1) is 27.6. The first-order chi connectivity index (χ1) is 17.9. The summed E-state index contributed by atoms with van der Waals surface area (Å²) in [6, 6.07) is 8.20. The molecule has 0 atom stereocenters. The lowest BCUT2D eigenvalue weighted by Gasteiger charge is -2.24. The Morgan fingerprint density at radius 3 is 2.53 bits per heavy atom. The molecule has 2 N–H and O–H groups in total. The number of hydrogen-bond donors (Lipinski definition) is 2. The zero-order chi connectivity index (χ0) is 27.5. The molecule has 3 aromatic rings. The van der Waals surface area contributed by atoms with E-state index in [1.165, 1.54) is 37.4 Å². The summed E-state index contributed by atoms with van der Waals surface area (Å²) < 4.78 is 89.9. The molecule has 0 amide bonds. The van der Waals surface area contributed by atoms with Crippen LogP contribution in [0.25, 0.3) is 10.9 Å². The molecule has 1 saturated heterocycles. The molecule has 1 fully saturated rings. The zero-order valence-electron chi connectivity index (χ0n) is 20.8. The quantitative estimate of drug-likeness (QED) is 0.323. The van der Waals surface area contributed by atoms with Gasteiger partial charge in [0.1, 0.15) is 18.1 Å². The van der Waals surface area contributed by atoms with E-state index in [1.54, 1.807) is 0 Å². The molecule has 1 aromatic heterocycles. The maximum absolute atomic E-state index is 14.5. The molecule has 7 nitrogen and oxygen atoms in total. The van der Waals surface area contributed by atoms with E-state index in [1.807, 2.05) is 0 Å². The van der Waals surface area contributed by atoms with Gasteiger partial charge in [-0.3, -0.25) is 0 Å². The molecule has 2 heterocycles. The minimum absolute atomic E-state index is 0.0162. The number of aromatic nitrogens is 1. The molecule has 38 heavy (non-hydrogen) atoms. The van der Waals surface area contributed by atoms with Crippen molar-refractivity contribution >= 4 is 32.1 Å². The molecule has 4 rings (SSSR count). The molecule has 204 valence electrons. The van der Waals surface area contributed by atoms with E-state index in [4.69, 9.17) is 9.47 Å². The van der Waals surface area contributed by atoms with Crippen LogP contribution in [-0.2, 0) is 21.1 Å². The van der Waals surface area contributed by atoms with Crippen molar-refractivity contribution in [2.24, 2.45) is 0 Å². The number of hydrogen-bond acceptors (Lipinski definition) is 6. The number of nitrogens with zero attached hydrogens (tertiary/aromatic N) is 1. The SMILES string of the molecule is COc1cc(S(C)(=O)=O)ccc1NCC#Cc1cc2c(NC3CCOCC3)cc(F)cc2n1CC(F)(F)F. The van der Waals surface area contributed by atoms with Crippen molar-refractivity contribution < 1.29 is 35.5 Å². The fourth-order valence-electron chi connectivity index (χ4n) is 4.28. The fourth-order valence-corrected chi connectivity index (χ4v) is 4.92. The first-order valence-electron chi connectivity index (χ1n) is 11.8. The van der Waals surface area contributed by atoms with Crippen molar-refractivity contribution in [1.29, 1.82) is 0 Å². The van der Waals surface area contributed by atoms with Crippen LogP contribution in [0.4, 0.5) is 28.9 Å². The Kier molecular flexibility index (Phi) is 8.08. The van der Waals surface area contributed by atoms with Crippen LogP contribution >= 0.6 is 0 Å². The summed E-state index contributed by atoms with van der Waals surface area (Å²) in [5, 5.41) is 6.67. The van der Waals surface area contributed by atoms with E-state index in [0.717, 1.165) is 16.9 Å². The van der Waals surface area contributed by atoms with E-state index >= 15 is 0 Å². The predicted octanol–water partition coefficient (Wildman–Crippen LogP) is 4.81. The van der Waals surface area contributed by atoms with Gasteiger partial charge in [0, 0.05) is 42.7 Å². The largest absolute Gasteiger partial charge is 0.495 e. The molecule has 0 radical (unpaired) electrons. The number of methoxy groups -OCH3 is 1. The Morgan fingerprint density at radius 1 is 1.13 bits per heavy atom. The summed E-state index contributed by atoms with van der Waals surface area (Å²) in [6.07, 6.45) is -2.06. The van der Waals surface area contributed by atoms with Crippen LogP contribution in [0.1, 0.15) is 18.5 Å². The van der Waals surface area contributed by atoms with Crippen LogP contribution in [-0.4, -0.2) is 58.3 Å². The third kappa shape index (κ3) is 6.71. The Labute approximate surface area is 218 Å². The first-order valence-corrected chi connectivity index (χ1v) is 13.7. The molecular formula is C26H27F4N3O4S. The topological polar surface area (TPSA) is 81.6 Å². The Morgan fingerprint density at radius 2 is 1.87 bits per heavy atom. The van der Waals surface area contributed by atoms with Crippen molar-refractivity contribution in [3.63, 3.8) is 0 Å². The van der Waals surface area contributed by atoms with E-state index < -0.39 is 28.4 Å². The number of sulfone groups is 1. The van der Waals surface area contributed by atoms with Crippen LogP contribution in [0.5, 0.6) is 5.75 Å². The van der Waals surface area contributed by atoms with Crippen LogP contribution < -0.4 is 15.4 Å². The summed E-state index contributed by atoms with van der Waals surface area (Å²) in [6.45, 7) is -0.189. The lowest BCUT2D eigenvalue weighted by atomic mass is 10.1. The summed E-state index contributed by atoms with van der Waals surface area (Å²) >= 11 is 0. The van der Waals surface area contributed by atoms with Gasteiger partial charge in [0.25, 0.3) is 0 Å². The van der Waals surface area contributed by atoms with Gasteiger partial charge in [-0.2, -0.15) is 13.2 Å². The maximum atomic E-state index is 14.5. The highest BCUT2D eigenvalue weighted by atomic mass is 32.2. The fraction of sp³-hybridized carbons (Fsp3) is 0.385. The lowest BCUT2D eigenvalue weighted by Crippen LogP contribution is -2.27. The zero-order valence-corrected chi connectivity index (χ0v) is 21.6.